The van der Waals surface area contributed by atoms with Crippen LogP contribution in [0.15, 0.2) is 0 Å². The van der Waals surface area contributed by atoms with Gasteiger partial charge in [0.2, 0.25) is 5.91 Å². The average Bonchev–Trinajstić information content (AvgIpc) is 2.55. The average molecular weight is 242 g/mol. The number of nitrogens with zero attached hydrogens (tertiary/aromatic N) is 1. The van der Waals surface area contributed by atoms with Gasteiger partial charge in [0.05, 0.1) is 18.6 Å². The summed E-state index contributed by atoms with van der Waals surface area (Å²) in [7, 11) is 3.54. The van der Waals surface area contributed by atoms with E-state index in [-0.39, 0.29) is 11.5 Å². The normalized spacial score (nSPS) is 19.7. The summed E-state index contributed by atoms with van der Waals surface area (Å²) in [6.45, 7) is 1.07. The second-order valence-electron chi connectivity index (χ2n) is 5.19. The van der Waals surface area contributed by atoms with Crippen molar-refractivity contribution in [2.45, 2.75) is 50.5 Å². The van der Waals surface area contributed by atoms with Crippen molar-refractivity contribution >= 4 is 5.91 Å². The summed E-state index contributed by atoms with van der Waals surface area (Å²) in [4.78, 5) is 13.1. The molecule has 1 amide bonds. The summed E-state index contributed by atoms with van der Waals surface area (Å²) in [5, 5.41) is 0. The molecular formula is C13H26N2O2. The third-order valence-corrected chi connectivity index (χ3v) is 3.61. The van der Waals surface area contributed by atoms with E-state index in [1.807, 2.05) is 0 Å². The molecule has 4 nitrogen and oxygen atoms in total. The molecule has 0 aliphatic heterocycles. The minimum Gasteiger partial charge on any atom is -0.373 e. The van der Waals surface area contributed by atoms with Crippen LogP contribution in [0.4, 0.5) is 0 Å². The highest BCUT2D eigenvalue weighted by molar-refractivity contribution is 5.75. The first-order chi connectivity index (χ1) is 8.09. The Morgan fingerprint density at radius 1 is 1.24 bits per heavy atom. The van der Waals surface area contributed by atoms with Gasteiger partial charge in [-0.15, -0.1) is 0 Å². The summed E-state index contributed by atoms with van der Waals surface area (Å²) in [6, 6.07) is 0. The van der Waals surface area contributed by atoms with Crippen molar-refractivity contribution in [1.82, 2.24) is 4.90 Å². The molecule has 2 N–H and O–H groups in total. The van der Waals surface area contributed by atoms with Crippen LogP contribution in [0.5, 0.6) is 0 Å². The van der Waals surface area contributed by atoms with Crippen LogP contribution >= 0.6 is 0 Å². The fourth-order valence-corrected chi connectivity index (χ4v) is 2.36. The number of nitrogens with two attached hydrogens (primary N) is 1. The second kappa shape index (κ2) is 6.97. The molecule has 0 bridgehead atoms. The predicted octanol–water partition coefficient (Wildman–Crippen LogP) is 1.53. The first-order valence-corrected chi connectivity index (χ1v) is 6.64. The van der Waals surface area contributed by atoms with Gasteiger partial charge in [0.15, 0.2) is 0 Å². The lowest BCUT2D eigenvalue weighted by atomic mass is 9.94. The summed E-state index contributed by atoms with van der Waals surface area (Å²) < 4.78 is 5.95. The van der Waals surface area contributed by atoms with Crippen LogP contribution in [0.2, 0.25) is 0 Å². The van der Waals surface area contributed by atoms with Gasteiger partial charge in [-0.05, 0) is 12.8 Å². The molecule has 0 saturated heterocycles. The number of rotatable bonds is 5. The Bertz CT molecular complexity index is 234. The van der Waals surface area contributed by atoms with E-state index in [0.29, 0.717) is 19.6 Å². The van der Waals surface area contributed by atoms with Crippen LogP contribution < -0.4 is 5.73 Å². The molecule has 0 heterocycles. The Morgan fingerprint density at radius 3 is 2.29 bits per heavy atom. The zero-order valence-electron chi connectivity index (χ0n) is 11.2. The molecule has 1 aliphatic carbocycles. The van der Waals surface area contributed by atoms with Crippen molar-refractivity contribution < 1.29 is 9.53 Å². The van der Waals surface area contributed by atoms with Crippen molar-refractivity contribution in [3.05, 3.63) is 0 Å². The third kappa shape index (κ3) is 4.64. The Labute approximate surface area is 104 Å². The van der Waals surface area contributed by atoms with Gasteiger partial charge in [0.1, 0.15) is 0 Å². The van der Waals surface area contributed by atoms with Crippen LogP contribution in [0, 0.1) is 0 Å². The van der Waals surface area contributed by atoms with Crippen LogP contribution in [0.25, 0.3) is 0 Å². The molecule has 0 aromatic carbocycles. The first kappa shape index (κ1) is 14.5. The van der Waals surface area contributed by atoms with E-state index in [4.69, 9.17) is 10.5 Å². The maximum Gasteiger partial charge on any atom is 0.224 e. The molecule has 0 radical (unpaired) electrons. The summed E-state index contributed by atoms with van der Waals surface area (Å²) in [5.41, 5.74) is 5.70. The van der Waals surface area contributed by atoms with E-state index in [1.54, 1.807) is 19.0 Å². The fourth-order valence-electron chi connectivity index (χ4n) is 2.36. The minimum absolute atomic E-state index is 0.116. The minimum atomic E-state index is -0.164. The lowest BCUT2D eigenvalue weighted by Crippen LogP contribution is -2.41. The molecule has 1 saturated carbocycles. The van der Waals surface area contributed by atoms with Crippen molar-refractivity contribution in [2.24, 2.45) is 5.73 Å². The molecular weight excluding hydrogens is 216 g/mol. The Kier molecular flexibility index (Phi) is 5.92. The van der Waals surface area contributed by atoms with E-state index >= 15 is 0 Å². The molecule has 1 rings (SSSR count). The zero-order chi connectivity index (χ0) is 12.7. The van der Waals surface area contributed by atoms with Crippen LogP contribution in [0.3, 0.4) is 0 Å². The van der Waals surface area contributed by atoms with E-state index in [1.165, 1.54) is 25.7 Å². The summed E-state index contributed by atoms with van der Waals surface area (Å²) >= 11 is 0. The molecule has 0 unspecified atom stereocenters. The largest absolute Gasteiger partial charge is 0.373 e. The quantitative estimate of drug-likeness (QED) is 0.744. The van der Waals surface area contributed by atoms with Gasteiger partial charge in [0.25, 0.3) is 0 Å². The van der Waals surface area contributed by atoms with Crippen molar-refractivity contribution in [3.8, 4) is 0 Å². The van der Waals surface area contributed by atoms with Gasteiger partial charge in [-0.3, -0.25) is 4.79 Å². The highest BCUT2D eigenvalue weighted by atomic mass is 16.5. The Balaban J connectivity index is 2.37. The first-order valence-electron chi connectivity index (χ1n) is 6.64. The number of carbonyl (C=O) groups is 1. The van der Waals surface area contributed by atoms with Gasteiger partial charge in [-0.25, -0.2) is 0 Å². The summed E-state index contributed by atoms with van der Waals surface area (Å²) in [5.74, 6) is 0.116. The molecule has 17 heavy (non-hydrogen) atoms. The van der Waals surface area contributed by atoms with Crippen LogP contribution in [0.1, 0.15) is 44.9 Å². The molecule has 0 spiro atoms. The fraction of sp³-hybridized carbons (Fsp3) is 0.923. The number of hydrogen-bond acceptors (Lipinski definition) is 3. The van der Waals surface area contributed by atoms with Gasteiger partial charge < -0.3 is 15.4 Å². The van der Waals surface area contributed by atoms with Crippen LogP contribution in [-0.2, 0) is 9.53 Å². The lowest BCUT2D eigenvalue weighted by Gasteiger charge is -2.31. The maximum absolute atomic E-state index is 11.5. The Hall–Kier alpha value is -0.610. The topological polar surface area (TPSA) is 55.6 Å². The highest BCUT2D eigenvalue weighted by Gasteiger charge is 2.30. The van der Waals surface area contributed by atoms with Crippen LogP contribution in [-0.4, -0.2) is 43.7 Å². The second-order valence-corrected chi connectivity index (χ2v) is 5.19. The zero-order valence-corrected chi connectivity index (χ0v) is 11.2. The van der Waals surface area contributed by atoms with E-state index in [0.717, 1.165) is 12.8 Å². The van der Waals surface area contributed by atoms with Gasteiger partial charge in [-0.1, -0.05) is 25.7 Å². The highest BCUT2D eigenvalue weighted by Crippen LogP contribution is 2.29. The van der Waals surface area contributed by atoms with Crippen molar-refractivity contribution in [1.29, 1.82) is 0 Å². The number of ether oxygens (including phenoxy) is 1. The maximum atomic E-state index is 11.5. The third-order valence-electron chi connectivity index (χ3n) is 3.61. The lowest BCUT2D eigenvalue weighted by molar-refractivity contribution is -0.132. The van der Waals surface area contributed by atoms with E-state index in [2.05, 4.69) is 0 Å². The molecule has 0 aromatic rings. The number of carbonyl (C=O) groups excluding carboxylic acids is 1. The SMILES string of the molecule is CN(C)C(=O)CCOC1(CN)CCCCCC1. The van der Waals surface area contributed by atoms with E-state index < -0.39 is 0 Å². The molecule has 0 atom stereocenters. The van der Waals surface area contributed by atoms with Gasteiger partial charge in [-0.2, -0.15) is 0 Å². The molecule has 1 aliphatic rings. The van der Waals surface area contributed by atoms with E-state index in [9.17, 15) is 4.79 Å². The molecule has 0 aromatic heterocycles. The summed E-state index contributed by atoms with van der Waals surface area (Å²) in [6.07, 6.45) is 7.48. The predicted molar refractivity (Wildman–Crippen MR) is 68.8 cm³/mol. The Morgan fingerprint density at radius 2 is 1.82 bits per heavy atom. The standard InChI is InChI=1S/C13H26N2O2/c1-15(2)12(16)7-10-17-13(11-14)8-5-3-4-6-9-13/h3-11,14H2,1-2H3. The number of amides is 1. The van der Waals surface area contributed by atoms with Gasteiger partial charge >= 0.3 is 0 Å². The van der Waals surface area contributed by atoms with Crippen molar-refractivity contribution in [2.75, 3.05) is 27.2 Å². The molecule has 1 fully saturated rings. The molecule has 4 heteroatoms. The molecule has 100 valence electrons. The smallest absolute Gasteiger partial charge is 0.224 e. The monoisotopic (exact) mass is 242 g/mol. The van der Waals surface area contributed by atoms with Gasteiger partial charge in [0, 0.05) is 20.6 Å². The number of hydrogen-bond donors (Lipinski definition) is 1. The van der Waals surface area contributed by atoms with Crippen molar-refractivity contribution in [3.63, 3.8) is 0 Å².